The monoisotopic (exact) mass is 358 g/mol. The number of rotatable bonds is 3. The molecule has 0 amide bonds. The van der Waals surface area contributed by atoms with Gasteiger partial charge in [0.2, 0.25) is 5.92 Å². The third-order valence-corrected chi connectivity index (χ3v) is 5.11. The third kappa shape index (κ3) is 3.50. The molecule has 0 saturated heterocycles. The molecule has 3 rings (SSSR count). The van der Waals surface area contributed by atoms with Crippen LogP contribution in [0.3, 0.4) is 0 Å². The third-order valence-electron chi connectivity index (χ3n) is 4.00. The van der Waals surface area contributed by atoms with Gasteiger partial charge < -0.3 is 5.11 Å². The number of nitrogens with zero attached hydrogens (tertiary/aromatic N) is 2. The van der Waals surface area contributed by atoms with E-state index in [1.807, 2.05) is 0 Å². The minimum absolute atomic E-state index is 0.0431. The smallest absolute Gasteiger partial charge is 0.307 e. The van der Waals surface area contributed by atoms with Crippen LogP contribution in [0.15, 0.2) is 23.8 Å². The lowest BCUT2D eigenvalue weighted by molar-refractivity contribution is -0.147. The van der Waals surface area contributed by atoms with Crippen LogP contribution in [0.1, 0.15) is 30.9 Å². The van der Waals surface area contributed by atoms with Gasteiger partial charge in [0, 0.05) is 42.1 Å². The van der Waals surface area contributed by atoms with E-state index < -0.39 is 36.6 Å². The van der Waals surface area contributed by atoms with E-state index in [4.69, 9.17) is 11.6 Å². The van der Waals surface area contributed by atoms with E-state index in [9.17, 15) is 18.7 Å². The van der Waals surface area contributed by atoms with Crippen LogP contribution < -0.4 is 0 Å². The van der Waals surface area contributed by atoms with E-state index in [0.29, 0.717) is 21.3 Å². The largest absolute Gasteiger partial charge is 0.481 e. The van der Waals surface area contributed by atoms with Crippen LogP contribution in [0.2, 0.25) is 5.02 Å². The van der Waals surface area contributed by atoms with Crippen molar-refractivity contribution in [1.29, 1.82) is 0 Å². The van der Waals surface area contributed by atoms with Gasteiger partial charge in [0.25, 0.3) is 0 Å². The Labute approximate surface area is 140 Å². The van der Waals surface area contributed by atoms with Gasteiger partial charge in [0.05, 0.1) is 16.6 Å². The number of carbonyl (C=O) groups is 1. The molecule has 1 saturated carbocycles. The minimum Gasteiger partial charge on any atom is -0.481 e. The van der Waals surface area contributed by atoms with Crippen molar-refractivity contribution >= 4 is 28.9 Å². The van der Waals surface area contributed by atoms with Crippen LogP contribution >= 0.6 is 22.9 Å². The van der Waals surface area contributed by atoms with Gasteiger partial charge in [-0.3, -0.25) is 9.78 Å². The number of carboxylic acid groups (broad SMARTS) is 1. The first-order chi connectivity index (χ1) is 10.9. The average Bonchev–Trinajstić information content (AvgIpc) is 2.95. The second-order valence-corrected chi connectivity index (χ2v) is 6.91. The molecule has 0 spiro atoms. The molecule has 4 nitrogen and oxygen atoms in total. The summed E-state index contributed by atoms with van der Waals surface area (Å²) in [6.07, 6.45) is 2.15. The molecule has 1 aliphatic carbocycles. The Morgan fingerprint density at radius 3 is 2.91 bits per heavy atom. The fourth-order valence-corrected chi connectivity index (χ4v) is 3.90. The second-order valence-electron chi connectivity index (χ2n) is 5.62. The first-order valence-corrected chi connectivity index (χ1v) is 8.28. The highest BCUT2D eigenvalue weighted by molar-refractivity contribution is 7.13. The topological polar surface area (TPSA) is 63.1 Å². The maximum Gasteiger partial charge on any atom is 0.307 e. The van der Waals surface area contributed by atoms with Gasteiger partial charge in [-0.15, -0.1) is 11.3 Å². The Morgan fingerprint density at radius 2 is 2.22 bits per heavy atom. The van der Waals surface area contributed by atoms with Crippen LogP contribution in [-0.2, 0) is 4.79 Å². The molecule has 2 aromatic rings. The molecule has 0 aliphatic heterocycles. The molecule has 0 radical (unpaired) electrons. The number of aromatic nitrogens is 2. The Balaban J connectivity index is 1.92. The molecular formula is C15H13ClF2N2O2S. The minimum atomic E-state index is -2.85. The Bertz CT molecular complexity index is 738. The summed E-state index contributed by atoms with van der Waals surface area (Å²) in [6.45, 7) is 0. The summed E-state index contributed by atoms with van der Waals surface area (Å²) in [6, 6.07) is 1.68. The molecule has 8 heteroatoms. The van der Waals surface area contributed by atoms with Gasteiger partial charge in [0.15, 0.2) is 0 Å². The predicted octanol–water partition coefficient (Wildman–Crippen LogP) is 4.46. The van der Waals surface area contributed by atoms with Crippen molar-refractivity contribution in [3.8, 4) is 10.6 Å². The molecule has 0 bridgehead atoms. The number of alkyl halides is 2. The van der Waals surface area contributed by atoms with E-state index in [-0.39, 0.29) is 6.42 Å². The van der Waals surface area contributed by atoms with Crippen LogP contribution in [0.4, 0.5) is 8.78 Å². The van der Waals surface area contributed by atoms with E-state index >= 15 is 0 Å². The summed E-state index contributed by atoms with van der Waals surface area (Å²) >= 11 is 7.16. The fraction of sp³-hybridized carbons (Fsp3) is 0.400. The summed E-state index contributed by atoms with van der Waals surface area (Å²) in [5.41, 5.74) is 1.08. The highest BCUT2D eigenvalue weighted by atomic mass is 35.5. The molecule has 2 heterocycles. The number of aliphatic carboxylic acids is 1. The van der Waals surface area contributed by atoms with Crippen molar-refractivity contribution < 1.29 is 18.7 Å². The molecule has 122 valence electrons. The number of carboxylic acids is 1. The average molecular weight is 359 g/mol. The summed E-state index contributed by atoms with van der Waals surface area (Å²) < 4.78 is 27.4. The maximum atomic E-state index is 13.7. The van der Waals surface area contributed by atoms with Gasteiger partial charge in [-0.05, 0) is 12.5 Å². The molecule has 2 unspecified atom stereocenters. The summed E-state index contributed by atoms with van der Waals surface area (Å²) in [5.74, 6) is -5.52. The predicted molar refractivity (Wildman–Crippen MR) is 83.0 cm³/mol. The highest BCUT2D eigenvalue weighted by Gasteiger charge is 2.45. The molecule has 1 N–H and O–H groups in total. The van der Waals surface area contributed by atoms with E-state index in [2.05, 4.69) is 9.97 Å². The molecule has 2 atom stereocenters. The number of halogens is 3. The van der Waals surface area contributed by atoms with Crippen molar-refractivity contribution in [2.24, 2.45) is 5.92 Å². The summed E-state index contributed by atoms with van der Waals surface area (Å²) in [5, 5.41) is 12.0. The van der Waals surface area contributed by atoms with Crippen LogP contribution in [0, 0.1) is 5.92 Å². The molecule has 0 aromatic carbocycles. The highest BCUT2D eigenvalue weighted by Crippen LogP contribution is 2.46. The zero-order valence-corrected chi connectivity index (χ0v) is 13.4. The summed E-state index contributed by atoms with van der Waals surface area (Å²) in [4.78, 5) is 19.7. The maximum absolute atomic E-state index is 13.7. The molecule has 2 aromatic heterocycles. The van der Waals surface area contributed by atoms with E-state index in [1.165, 1.54) is 17.5 Å². The molecule has 1 fully saturated rings. The van der Waals surface area contributed by atoms with Crippen LogP contribution in [0.25, 0.3) is 10.6 Å². The van der Waals surface area contributed by atoms with Crippen molar-refractivity contribution in [2.45, 2.75) is 31.1 Å². The lowest BCUT2D eigenvalue weighted by atomic mass is 9.76. The number of pyridine rings is 1. The molecule has 1 aliphatic rings. The van der Waals surface area contributed by atoms with Gasteiger partial charge in [-0.2, -0.15) is 0 Å². The first kappa shape index (κ1) is 16.3. The van der Waals surface area contributed by atoms with Crippen LogP contribution in [-0.4, -0.2) is 27.0 Å². The zero-order chi connectivity index (χ0) is 16.6. The molecular weight excluding hydrogens is 346 g/mol. The Kier molecular flexibility index (Phi) is 4.33. The first-order valence-electron chi connectivity index (χ1n) is 7.03. The van der Waals surface area contributed by atoms with Gasteiger partial charge in [0.1, 0.15) is 5.01 Å². The van der Waals surface area contributed by atoms with Gasteiger partial charge >= 0.3 is 5.97 Å². The second kappa shape index (κ2) is 6.13. The number of hydrogen-bond donors (Lipinski definition) is 1. The van der Waals surface area contributed by atoms with E-state index in [1.54, 1.807) is 17.6 Å². The number of hydrogen-bond acceptors (Lipinski definition) is 4. The van der Waals surface area contributed by atoms with Gasteiger partial charge in [-0.25, -0.2) is 13.8 Å². The fourth-order valence-electron chi connectivity index (χ4n) is 2.86. The van der Waals surface area contributed by atoms with E-state index in [0.717, 1.165) is 0 Å². The quantitative estimate of drug-likeness (QED) is 0.879. The van der Waals surface area contributed by atoms with Gasteiger partial charge in [-0.1, -0.05) is 11.6 Å². The van der Waals surface area contributed by atoms with Crippen molar-refractivity contribution in [3.05, 3.63) is 34.6 Å². The van der Waals surface area contributed by atoms with Crippen molar-refractivity contribution in [3.63, 3.8) is 0 Å². The Hall–Kier alpha value is -1.60. The standard InChI is InChI=1S/C15H13ClF2N2O2S/c16-9-3-8(5-19-6-9)13-20-12(7-23-13)11-4-15(17,18)2-1-10(11)14(21)22/h3,5-7,10-11H,1-2,4H2,(H,21,22). The van der Waals surface area contributed by atoms with Crippen molar-refractivity contribution in [2.75, 3.05) is 0 Å². The SMILES string of the molecule is O=C(O)C1CCC(F)(F)CC1c1csc(-c2cncc(Cl)c2)n1. The zero-order valence-electron chi connectivity index (χ0n) is 11.9. The van der Waals surface area contributed by atoms with Crippen molar-refractivity contribution in [1.82, 2.24) is 9.97 Å². The Morgan fingerprint density at radius 1 is 1.43 bits per heavy atom. The lowest BCUT2D eigenvalue weighted by Crippen LogP contribution is -2.35. The number of thiazole rings is 1. The molecule has 23 heavy (non-hydrogen) atoms. The van der Waals surface area contributed by atoms with Crippen LogP contribution in [0.5, 0.6) is 0 Å². The lowest BCUT2D eigenvalue weighted by Gasteiger charge is -2.32. The summed E-state index contributed by atoms with van der Waals surface area (Å²) in [7, 11) is 0. The normalized spacial score (nSPS) is 23.6.